The third-order valence-corrected chi connectivity index (χ3v) is 7.82. The molecule has 0 aliphatic carbocycles. The summed E-state index contributed by atoms with van der Waals surface area (Å²) in [6.07, 6.45) is 8.64. The van der Waals surface area contributed by atoms with Gasteiger partial charge in [0.05, 0.1) is 11.4 Å². The summed E-state index contributed by atoms with van der Waals surface area (Å²) >= 11 is 0. The zero-order valence-corrected chi connectivity index (χ0v) is 24.2. The van der Waals surface area contributed by atoms with E-state index < -0.39 is 0 Å². The van der Waals surface area contributed by atoms with Gasteiger partial charge in [0.1, 0.15) is 0 Å². The van der Waals surface area contributed by atoms with Crippen LogP contribution >= 0.6 is 0 Å². The van der Waals surface area contributed by atoms with Crippen LogP contribution in [-0.2, 0) is 12.8 Å². The molecule has 3 aromatic carbocycles. The molecule has 0 unspecified atom stereocenters. The monoisotopic (exact) mass is 512 g/mol. The molecule has 2 heteroatoms. The molecule has 2 heterocycles. The Labute approximate surface area is 234 Å². The van der Waals surface area contributed by atoms with Crippen LogP contribution in [0.25, 0.3) is 23.9 Å². The largest absolute Gasteiger partial charge is 0.355 e. The van der Waals surface area contributed by atoms with Gasteiger partial charge in [-0.15, -0.1) is 0 Å². The van der Waals surface area contributed by atoms with Crippen LogP contribution in [0.5, 0.6) is 0 Å². The van der Waals surface area contributed by atoms with Crippen molar-refractivity contribution in [3.8, 4) is 0 Å². The summed E-state index contributed by atoms with van der Waals surface area (Å²) in [6.45, 7) is 13.6. The molecule has 4 aromatic rings. The second kappa shape index (κ2) is 11.5. The number of aliphatic imine (C=N–C) groups is 1. The highest BCUT2D eigenvalue weighted by atomic mass is 14.8. The molecule has 0 amide bonds. The number of aromatic amines is 1. The van der Waals surface area contributed by atoms with Crippen LogP contribution in [0.4, 0.5) is 0 Å². The van der Waals surface area contributed by atoms with E-state index in [2.05, 4.69) is 138 Å². The maximum atomic E-state index is 5.31. The van der Waals surface area contributed by atoms with Gasteiger partial charge in [0.2, 0.25) is 0 Å². The lowest BCUT2D eigenvalue weighted by Crippen LogP contribution is -2.07. The number of aromatic nitrogens is 1. The summed E-state index contributed by atoms with van der Waals surface area (Å²) < 4.78 is 0. The van der Waals surface area contributed by atoms with Crippen LogP contribution in [0, 0.1) is 0 Å². The number of fused-ring (bicyclic) bond motifs is 1. The van der Waals surface area contributed by atoms with Crippen LogP contribution in [0.15, 0.2) is 77.8 Å². The van der Waals surface area contributed by atoms with Crippen molar-refractivity contribution in [2.75, 3.05) is 0 Å². The minimum Gasteiger partial charge on any atom is -0.355 e. The molecule has 0 bridgehead atoms. The molecule has 198 valence electrons. The zero-order chi connectivity index (χ0) is 27.5. The molecule has 0 saturated carbocycles. The molecule has 0 saturated heterocycles. The van der Waals surface area contributed by atoms with Crippen molar-refractivity contribution >= 4 is 29.6 Å². The van der Waals surface area contributed by atoms with Crippen molar-refractivity contribution in [1.82, 2.24) is 4.98 Å². The van der Waals surface area contributed by atoms with E-state index in [1.807, 2.05) is 0 Å². The third-order valence-electron chi connectivity index (χ3n) is 7.82. The van der Waals surface area contributed by atoms with Crippen molar-refractivity contribution in [3.63, 3.8) is 0 Å². The number of H-pyrrole nitrogens is 1. The first kappa shape index (κ1) is 26.7. The molecule has 0 spiro atoms. The summed E-state index contributed by atoms with van der Waals surface area (Å²) in [6, 6.07) is 26.1. The second-order valence-corrected chi connectivity index (χ2v) is 11.1. The highest BCUT2D eigenvalue weighted by Crippen LogP contribution is 2.37. The summed E-state index contributed by atoms with van der Waals surface area (Å²) in [5, 5.41) is 0. The Morgan fingerprint density at radius 1 is 0.692 bits per heavy atom. The van der Waals surface area contributed by atoms with Crippen LogP contribution in [0.2, 0.25) is 0 Å². The van der Waals surface area contributed by atoms with E-state index in [-0.39, 0.29) is 0 Å². The fourth-order valence-electron chi connectivity index (χ4n) is 5.68. The molecular weight excluding hydrogens is 472 g/mol. The van der Waals surface area contributed by atoms with Crippen LogP contribution in [-0.4, -0.2) is 10.7 Å². The van der Waals surface area contributed by atoms with E-state index in [1.165, 1.54) is 50.2 Å². The van der Waals surface area contributed by atoms with Crippen molar-refractivity contribution in [2.45, 2.75) is 66.2 Å². The van der Waals surface area contributed by atoms with Gasteiger partial charge in [-0.25, -0.2) is 4.99 Å². The number of hydrogen-bond acceptors (Lipinski definition) is 1. The van der Waals surface area contributed by atoms with Crippen LogP contribution in [0.1, 0.15) is 109 Å². The molecule has 39 heavy (non-hydrogen) atoms. The molecule has 1 aliphatic rings. The average Bonchev–Trinajstić information content (AvgIpc) is 3.49. The van der Waals surface area contributed by atoms with E-state index in [0.717, 1.165) is 29.9 Å². The molecule has 0 radical (unpaired) electrons. The molecular formula is C37H40N2. The Morgan fingerprint density at radius 2 is 1.36 bits per heavy atom. The molecule has 1 aromatic heterocycles. The predicted octanol–water partition coefficient (Wildman–Crippen LogP) is 9.91. The van der Waals surface area contributed by atoms with Crippen LogP contribution in [0.3, 0.4) is 0 Å². The van der Waals surface area contributed by atoms with Gasteiger partial charge >= 0.3 is 0 Å². The zero-order valence-electron chi connectivity index (χ0n) is 24.2. The third kappa shape index (κ3) is 5.34. The normalized spacial score (nSPS) is 14.2. The maximum absolute atomic E-state index is 5.31. The van der Waals surface area contributed by atoms with Gasteiger partial charge in [0.15, 0.2) is 0 Å². The Balaban J connectivity index is 1.62. The molecule has 1 aliphatic heterocycles. The lowest BCUT2D eigenvalue weighted by Gasteiger charge is -2.17. The van der Waals surface area contributed by atoms with E-state index >= 15 is 0 Å². The topological polar surface area (TPSA) is 28.1 Å². The number of nitrogens with zero attached hydrogens (tertiary/aromatic N) is 1. The van der Waals surface area contributed by atoms with Crippen molar-refractivity contribution in [3.05, 3.63) is 129 Å². The van der Waals surface area contributed by atoms with E-state index in [1.54, 1.807) is 0 Å². The Bertz CT molecular complexity index is 1560. The fourth-order valence-corrected chi connectivity index (χ4v) is 5.68. The van der Waals surface area contributed by atoms with Gasteiger partial charge < -0.3 is 4.98 Å². The summed E-state index contributed by atoms with van der Waals surface area (Å²) in [5.41, 5.74) is 14.8. The smallest absolute Gasteiger partial charge is 0.0791 e. The highest BCUT2D eigenvalue weighted by molar-refractivity contribution is 6.22. The van der Waals surface area contributed by atoms with Gasteiger partial charge in [-0.1, -0.05) is 120 Å². The number of benzene rings is 3. The van der Waals surface area contributed by atoms with Gasteiger partial charge in [-0.05, 0) is 64.6 Å². The standard InChI is InChI=1S/C37H40N2/c1-7-28-29(8-2)35(38-34(28)21-18-26-14-10-9-11-15-26)23-36-30-16-12-13-17-31(30)37(39-36)32-20-19-27(24(3)4)22-33(32)25(5)6/h9-25,38H,7-8H2,1-6H3/b21-18+,36-23?. The van der Waals surface area contributed by atoms with Crippen molar-refractivity contribution in [2.24, 2.45) is 4.99 Å². The Hall–Kier alpha value is -3.91. The summed E-state index contributed by atoms with van der Waals surface area (Å²) in [5.74, 6) is 0.922. The first-order valence-electron chi connectivity index (χ1n) is 14.4. The fraction of sp³-hybridized carbons (Fsp3) is 0.270. The lowest BCUT2D eigenvalue weighted by atomic mass is 9.87. The first-order valence-corrected chi connectivity index (χ1v) is 14.4. The SMILES string of the molecule is CCc1c(C=C2N=C(c3ccc(C(C)C)cc3C(C)C)c3ccccc32)[nH]c(/C=C/c2ccccc2)c1CC. The van der Waals surface area contributed by atoms with Gasteiger partial charge in [0.25, 0.3) is 0 Å². The number of nitrogens with one attached hydrogen (secondary N) is 1. The van der Waals surface area contributed by atoms with E-state index in [0.29, 0.717) is 11.8 Å². The average molecular weight is 513 g/mol. The molecule has 2 nitrogen and oxygen atoms in total. The Kier molecular flexibility index (Phi) is 7.84. The van der Waals surface area contributed by atoms with E-state index in [4.69, 9.17) is 4.99 Å². The number of hydrogen-bond donors (Lipinski definition) is 1. The van der Waals surface area contributed by atoms with Crippen LogP contribution < -0.4 is 0 Å². The van der Waals surface area contributed by atoms with Crippen molar-refractivity contribution < 1.29 is 0 Å². The van der Waals surface area contributed by atoms with Gasteiger partial charge in [-0.2, -0.15) is 0 Å². The summed E-state index contributed by atoms with van der Waals surface area (Å²) in [4.78, 5) is 9.06. The first-order chi connectivity index (χ1) is 18.9. The van der Waals surface area contributed by atoms with Gasteiger partial charge in [-0.3, -0.25) is 0 Å². The molecule has 5 rings (SSSR count). The summed E-state index contributed by atoms with van der Waals surface area (Å²) in [7, 11) is 0. The molecule has 0 fully saturated rings. The minimum absolute atomic E-state index is 0.419. The minimum atomic E-state index is 0.419. The maximum Gasteiger partial charge on any atom is 0.0791 e. The molecule has 1 N–H and O–H groups in total. The highest BCUT2D eigenvalue weighted by Gasteiger charge is 2.25. The lowest BCUT2D eigenvalue weighted by molar-refractivity contribution is 0.832. The number of rotatable bonds is 8. The second-order valence-electron chi connectivity index (χ2n) is 11.1. The Morgan fingerprint density at radius 3 is 2.03 bits per heavy atom. The van der Waals surface area contributed by atoms with E-state index in [9.17, 15) is 0 Å². The predicted molar refractivity (Wildman–Crippen MR) is 169 cm³/mol. The quantitative estimate of drug-likeness (QED) is 0.243. The molecule has 0 atom stereocenters. The van der Waals surface area contributed by atoms with Gasteiger partial charge in [0, 0.05) is 28.1 Å². The van der Waals surface area contributed by atoms with Crippen molar-refractivity contribution in [1.29, 1.82) is 0 Å².